The van der Waals surface area contributed by atoms with Crippen LogP contribution in [0.15, 0.2) is 72.8 Å². The molecule has 15 nitrogen and oxygen atoms in total. The van der Waals surface area contributed by atoms with Gasteiger partial charge >= 0.3 is 11.9 Å². The molecule has 0 unspecified atom stereocenters. The Balaban J connectivity index is 1.38. The zero-order valence-corrected chi connectivity index (χ0v) is 36.2. The minimum absolute atomic E-state index is 0.188. The zero-order chi connectivity index (χ0) is 43.5. The fourth-order valence-electron chi connectivity index (χ4n) is 4.92. The van der Waals surface area contributed by atoms with Gasteiger partial charge in [-0.2, -0.15) is 0 Å². The fraction of sp³-hybridized carbons (Fsp3) is 0.600. The quantitative estimate of drug-likeness (QED) is 0.0494. The summed E-state index contributed by atoms with van der Waals surface area (Å²) in [4.78, 5) is 22.5. The molecule has 2 aromatic carbocycles. The molecular weight excluding hydrogens is 780 g/mol. The molecule has 0 saturated carbocycles. The van der Waals surface area contributed by atoms with E-state index in [9.17, 15) is 9.59 Å². The molecule has 0 N–H and O–H groups in total. The molecule has 60 heavy (non-hydrogen) atoms. The largest absolute Gasteiger partial charge is 0.491 e. The van der Waals surface area contributed by atoms with Gasteiger partial charge in [0, 0.05) is 16.6 Å². The number of rotatable bonds is 39. The third-order valence-corrected chi connectivity index (χ3v) is 8.37. The van der Waals surface area contributed by atoms with Gasteiger partial charge in [0.25, 0.3) is 0 Å². The van der Waals surface area contributed by atoms with Gasteiger partial charge in [0.1, 0.15) is 37.9 Å². The lowest BCUT2D eigenvalue weighted by molar-refractivity contribution is -0.141. The summed E-state index contributed by atoms with van der Waals surface area (Å²) in [5, 5.41) is 0. The van der Waals surface area contributed by atoms with Gasteiger partial charge in [-0.3, -0.25) is 0 Å². The summed E-state index contributed by atoms with van der Waals surface area (Å²) in [6.07, 6.45) is 0. The van der Waals surface area contributed by atoms with E-state index in [1.54, 1.807) is 13.8 Å². The number of carbonyl (C=O) groups is 2. The van der Waals surface area contributed by atoms with Crippen LogP contribution < -0.4 is 9.47 Å². The van der Waals surface area contributed by atoms with Crippen LogP contribution in [-0.2, 0) is 67.1 Å². The van der Waals surface area contributed by atoms with Crippen molar-refractivity contribution in [3.63, 3.8) is 0 Å². The number of carbonyl (C=O) groups excluding carboxylic acids is 2. The molecule has 0 radical (unpaired) electrons. The molecule has 0 aliphatic rings. The van der Waals surface area contributed by atoms with Gasteiger partial charge in [-0.05, 0) is 49.2 Å². The van der Waals surface area contributed by atoms with Crippen LogP contribution in [0.4, 0.5) is 0 Å². The Morgan fingerprint density at radius 2 is 0.600 bits per heavy atom. The van der Waals surface area contributed by atoms with E-state index in [-0.39, 0.29) is 18.6 Å². The topological polar surface area (TPSA) is 154 Å². The molecule has 0 aliphatic heterocycles. The SMILES string of the molecule is C=C(C)C(=O)OCCOCCOCCOCCOCCOCCOCCOCCOc1ccc(C(C)(C)c2ccc(OCCOCCOCCOC(=O)C(=C)C)cc2)cc1. The molecule has 2 rings (SSSR count). The van der Waals surface area contributed by atoms with Crippen molar-refractivity contribution < 1.29 is 71.2 Å². The van der Waals surface area contributed by atoms with Gasteiger partial charge in [0.15, 0.2) is 0 Å². The Hall–Kier alpha value is -3.90. The average Bonchev–Trinajstić information content (AvgIpc) is 3.24. The van der Waals surface area contributed by atoms with E-state index in [1.807, 2.05) is 24.3 Å². The van der Waals surface area contributed by atoms with E-state index in [1.165, 1.54) is 5.56 Å². The highest BCUT2D eigenvalue weighted by Crippen LogP contribution is 2.33. The van der Waals surface area contributed by atoms with Crippen LogP contribution in [0.5, 0.6) is 11.5 Å². The van der Waals surface area contributed by atoms with Crippen LogP contribution in [-0.4, -0.2) is 157 Å². The Labute approximate surface area is 356 Å². The highest BCUT2D eigenvalue weighted by Gasteiger charge is 2.23. The molecule has 0 atom stereocenters. The molecule has 2 aromatic rings. The fourth-order valence-corrected chi connectivity index (χ4v) is 4.92. The Kier molecular flexibility index (Phi) is 29.4. The monoisotopic (exact) mass is 848 g/mol. The van der Waals surface area contributed by atoms with E-state index in [2.05, 4.69) is 51.3 Å². The smallest absolute Gasteiger partial charge is 0.333 e. The first kappa shape index (κ1) is 52.2. The van der Waals surface area contributed by atoms with Crippen molar-refractivity contribution in [2.24, 2.45) is 0 Å². The van der Waals surface area contributed by atoms with Crippen molar-refractivity contribution in [3.05, 3.63) is 84.0 Å². The number of hydrogen-bond donors (Lipinski definition) is 0. The molecule has 0 aliphatic carbocycles. The molecule has 0 aromatic heterocycles. The third-order valence-electron chi connectivity index (χ3n) is 8.37. The van der Waals surface area contributed by atoms with Crippen LogP contribution in [0.25, 0.3) is 0 Å². The summed E-state index contributed by atoms with van der Waals surface area (Å²) in [6.45, 7) is 23.8. The van der Waals surface area contributed by atoms with Crippen LogP contribution in [0.2, 0.25) is 0 Å². The van der Waals surface area contributed by atoms with E-state index in [4.69, 9.17) is 61.6 Å². The standard InChI is InChI=1S/C45H68O15/c1-37(2)43(46)59-35-31-55-26-24-52-22-20-50-18-16-48-15-17-49-19-21-51-23-25-53-29-33-57-41-11-7-39(8-12-41)45(5,6)40-9-13-42(14-10-40)58-34-30-54-27-28-56-32-36-60-44(47)38(3)4/h7-14H,1,3,15-36H2,2,4-6H3. The summed E-state index contributed by atoms with van der Waals surface area (Å²) in [7, 11) is 0. The van der Waals surface area contributed by atoms with Gasteiger partial charge in [-0.25, -0.2) is 9.59 Å². The van der Waals surface area contributed by atoms with E-state index < -0.39 is 11.9 Å². The van der Waals surface area contributed by atoms with Gasteiger partial charge in [-0.15, -0.1) is 0 Å². The maximum atomic E-state index is 11.3. The number of hydrogen-bond acceptors (Lipinski definition) is 15. The predicted molar refractivity (Wildman–Crippen MR) is 225 cm³/mol. The van der Waals surface area contributed by atoms with Crippen molar-refractivity contribution in [1.82, 2.24) is 0 Å². The highest BCUT2D eigenvalue weighted by molar-refractivity contribution is 5.87. The van der Waals surface area contributed by atoms with Crippen molar-refractivity contribution in [2.75, 3.05) is 145 Å². The lowest BCUT2D eigenvalue weighted by atomic mass is 9.78. The minimum Gasteiger partial charge on any atom is -0.491 e. The highest BCUT2D eigenvalue weighted by atomic mass is 16.6. The van der Waals surface area contributed by atoms with Crippen LogP contribution >= 0.6 is 0 Å². The second kappa shape index (κ2) is 33.8. The Morgan fingerprint density at radius 1 is 0.383 bits per heavy atom. The maximum Gasteiger partial charge on any atom is 0.333 e. The second-order valence-electron chi connectivity index (χ2n) is 13.7. The lowest BCUT2D eigenvalue weighted by Crippen LogP contribution is -2.19. The van der Waals surface area contributed by atoms with Crippen molar-refractivity contribution >= 4 is 11.9 Å². The van der Waals surface area contributed by atoms with Crippen molar-refractivity contribution in [2.45, 2.75) is 33.1 Å². The zero-order valence-electron chi connectivity index (χ0n) is 36.2. The normalized spacial score (nSPS) is 11.3. The lowest BCUT2D eigenvalue weighted by Gasteiger charge is -2.26. The molecule has 338 valence electrons. The van der Waals surface area contributed by atoms with E-state index in [0.717, 1.165) is 17.1 Å². The maximum absolute atomic E-state index is 11.3. The number of benzene rings is 2. The average molecular weight is 849 g/mol. The summed E-state index contributed by atoms with van der Waals surface area (Å²) >= 11 is 0. The van der Waals surface area contributed by atoms with Crippen LogP contribution in [0, 0.1) is 0 Å². The minimum atomic E-state index is -0.417. The van der Waals surface area contributed by atoms with Crippen LogP contribution in [0.3, 0.4) is 0 Å². The Morgan fingerprint density at radius 3 is 0.833 bits per heavy atom. The molecule has 0 heterocycles. The molecule has 0 fully saturated rings. The summed E-state index contributed by atoms with van der Waals surface area (Å²) in [5.41, 5.74) is 2.84. The molecule has 0 saturated heterocycles. The van der Waals surface area contributed by atoms with Gasteiger partial charge < -0.3 is 61.6 Å². The second-order valence-corrected chi connectivity index (χ2v) is 13.7. The van der Waals surface area contributed by atoms with Crippen LogP contribution in [0.1, 0.15) is 38.8 Å². The Bertz CT molecular complexity index is 1430. The molecule has 0 amide bonds. The molecular formula is C45H68O15. The molecule has 15 heteroatoms. The van der Waals surface area contributed by atoms with Crippen molar-refractivity contribution in [3.8, 4) is 11.5 Å². The number of esters is 2. The summed E-state index contributed by atoms with van der Waals surface area (Å²) < 4.78 is 70.9. The van der Waals surface area contributed by atoms with E-state index >= 15 is 0 Å². The predicted octanol–water partition coefficient (Wildman–Crippen LogP) is 5.16. The van der Waals surface area contributed by atoms with Gasteiger partial charge in [0.05, 0.1) is 119 Å². The molecule has 0 spiro atoms. The van der Waals surface area contributed by atoms with Gasteiger partial charge in [0.2, 0.25) is 0 Å². The summed E-state index contributed by atoms with van der Waals surface area (Å²) in [6, 6.07) is 16.2. The number of ether oxygens (including phenoxy) is 13. The first-order valence-electron chi connectivity index (χ1n) is 20.4. The summed E-state index contributed by atoms with van der Waals surface area (Å²) in [5.74, 6) is 0.723. The van der Waals surface area contributed by atoms with Gasteiger partial charge in [-0.1, -0.05) is 51.3 Å². The third kappa shape index (κ3) is 25.7. The van der Waals surface area contributed by atoms with Crippen molar-refractivity contribution in [1.29, 1.82) is 0 Å². The first-order chi connectivity index (χ1) is 29.1. The van der Waals surface area contributed by atoms with E-state index in [0.29, 0.717) is 143 Å². The molecule has 0 bridgehead atoms. The first-order valence-corrected chi connectivity index (χ1v) is 20.4.